The van der Waals surface area contributed by atoms with Crippen molar-refractivity contribution in [1.82, 2.24) is 4.90 Å². The Labute approximate surface area is 217 Å². The molecule has 2 nitrogen and oxygen atoms in total. The van der Waals surface area contributed by atoms with E-state index in [9.17, 15) is 0 Å². The fraction of sp³-hybridized carbons (Fsp3) is 0.788. The van der Waals surface area contributed by atoms with Crippen molar-refractivity contribution in [1.29, 1.82) is 0 Å². The standard InChI is InChI=1S/C33H55N2/c1-7-9-24-34-28-20-16-14-18-26(28)32(3,4)30(34)22-12-11-13-23-31-33(5,6)27-19-15-17-21-29(27)35(31)25-10-8-2/h11-13,22-23,26-29H,7-10,14-21,24-25H2,1-6H3/q+1/t26-,27+,28+,29-. The third kappa shape index (κ3) is 5.24. The molecule has 0 aromatic carbocycles. The van der Waals surface area contributed by atoms with Crippen molar-refractivity contribution in [3.8, 4) is 0 Å². The minimum absolute atomic E-state index is 0.293. The van der Waals surface area contributed by atoms with Gasteiger partial charge in [0, 0.05) is 48.5 Å². The van der Waals surface area contributed by atoms with Crippen LogP contribution in [0, 0.1) is 22.7 Å². The molecular weight excluding hydrogens is 424 g/mol. The van der Waals surface area contributed by atoms with Gasteiger partial charge in [0.05, 0.1) is 5.41 Å². The van der Waals surface area contributed by atoms with E-state index < -0.39 is 0 Å². The van der Waals surface area contributed by atoms with Crippen LogP contribution in [0.1, 0.15) is 119 Å². The first-order chi connectivity index (χ1) is 16.8. The maximum Gasteiger partial charge on any atom is 0.182 e. The summed E-state index contributed by atoms with van der Waals surface area (Å²) in [7, 11) is 0. The molecule has 196 valence electrons. The number of hydrogen-bond acceptors (Lipinski definition) is 1. The van der Waals surface area contributed by atoms with E-state index in [-0.39, 0.29) is 0 Å². The zero-order chi connectivity index (χ0) is 25.1. The Morgan fingerprint density at radius 2 is 1.49 bits per heavy atom. The molecule has 1 saturated heterocycles. The number of nitrogens with zero attached hydrogens (tertiary/aromatic N) is 2. The molecule has 0 unspecified atom stereocenters. The van der Waals surface area contributed by atoms with Gasteiger partial charge >= 0.3 is 0 Å². The van der Waals surface area contributed by atoms with Gasteiger partial charge in [0.1, 0.15) is 6.54 Å². The molecule has 2 saturated carbocycles. The first-order valence-corrected chi connectivity index (χ1v) is 15.3. The van der Waals surface area contributed by atoms with E-state index >= 15 is 0 Å². The summed E-state index contributed by atoms with van der Waals surface area (Å²) in [6.07, 6.45) is 28.4. The second kappa shape index (κ2) is 11.4. The summed E-state index contributed by atoms with van der Waals surface area (Å²) >= 11 is 0. The van der Waals surface area contributed by atoms with Crippen molar-refractivity contribution in [3.63, 3.8) is 0 Å². The highest BCUT2D eigenvalue weighted by Gasteiger charge is 2.54. The lowest BCUT2D eigenvalue weighted by molar-refractivity contribution is -0.566. The highest BCUT2D eigenvalue weighted by molar-refractivity contribution is 5.96. The molecule has 0 N–H and O–H groups in total. The molecule has 0 aromatic rings. The smallest absolute Gasteiger partial charge is 0.182 e. The zero-order valence-corrected chi connectivity index (χ0v) is 24.0. The summed E-state index contributed by atoms with van der Waals surface area (Å²) in [4.78, 5) is 2.81. The Hall–Kier alpha value is -1.31. The van der Waals surface area contributed by atoms with E-state index in [1.165, 1.54) is 90.1 Å². The van der Waals surface area contributed by atoms with E-state index in [4.69, 9.17) is 0 Å². The van der Waals surface area contributed by atoms with Crippen molar-refractivity contribution >= 4 is 5.71 Å². The molecule has 2 heteroatoms. The van der Waals surface area contributed by atoms with E-state index in [2.05, 4.69) is 81.4 Å². The minimum Gasteiger partial charge on any atom is -0.371 e. The van der Waals surface area contributed by atoms with Gasteiger partial charge in [-0.05, 0) is 57.9 Å². The largest absolute Gasteiger partial charge is 0.371 e. The second-order valence-corrected chi connectivity index (χ2v) is 13.1. The van der Waals surface area contributed by atoms with Crippen LogP contribution >= 0.6 is 0 Å². The summed E-state index contributed by atoms with van der Waals surface area (Å²) in [5, 5.41) is 0. The monoisotopic (exact) mass is 479 g/mol. The Morgan fingerprint density at radius 1 is 0.800 bits per heavy atom. The molecule has 0 aromatic heterocycles. The Bertz CT molecular complexity index is 839. The van der Waals surface area contributed by atoms with Gasteiger partial charge in [-0.15, -0.1) is 0 Å². The van der Waals surface area contributed by atoms with Crippen molar-refractivity contribution in [2.75, 3.05) is 13.1 Å². The number of fused-ring (bicyclic) bond motifs is 2. The molecule has 4 rings (SSSR count). The molecule has 0 amide bonds. The van der Waals surface area contributed by atoms with Gasteiger partial charge in [0.25, 0.3) is 0 Å². The molecule has 35 heavy (non-hydrogen) atoms. The van der Waals surface area contributed by atoms with Gasteiger partial charge in [0.15, 0.2) is 11.8 Å². The highest BCUT2D eigenvalue weighted by atomic mass is 15.2. The number of rotatable bonds is 9. The fourth-order valence-electron chi connectivity index (χ4n) is 8.34. The van der Waals surface area contributed by atoms with Crippen LogP contribution in [0.25, 0.3) is 0 Å². The van der Waals surface area contributed by atoms with Crippen LogP contribution in [-0.2, 0) is 0 Å². The van der Waals surface area contributed by atoms with Gasteiger partial charge in [-0.2, -0.15) is 0 Å². The third-order valence-electron chi connectivity index (χ3n) is 10.3. The zero-order valence-electron chi connectivity index (χ0n) is 24.0. The van der Waals surface area contributed by atoms with E-state index in [0.717, 1.165) is 23.9 Å². The summed E-state index contributed by atoms with van der Waals surface area (Å²) in [5.41, 5.74) is 3.78. The Morgan fingerprint density at radius 3 is 2.23 bits per heavy atom. The van der Waals surface area contributed by atoms with E-state index in [0.29, 0.717) is 10.8 Å². The molecule has 4 aliphatic rings. The predicted molar refractivity (Wildman–Crippen MR) is 152 cm³/mol. The maximum atomic E-state index is 2.81. The van der Waals surface area contributed by atoms with Gasteiger partial charge in [-0.25, -0.2) is 4.58 Å². The van der Waals surface area contributed by atoms with E-state index in [1.807, 2.05) is 0 Å². The molecule has 2 heterocycles. The number of hydrogen-bond donors (Lipinski definition) is 0. The normalized spacial score (nSPS) is 33.3. The number of likely N-dealkylation sites (tertiary alicyclic amines) is 1. The van der Waals surface area contributed by atoms with Crippen LogP contribution in [0.4, 0.5) is 0 Å². The molecule has 4 atom stereocenters. The van der Waals surface area contributed by atoms with Crippen LogP contribution in [0.5, 0.6) is 0 Å². The van der Waals surface area contributed by atoms with Gasteiger partial charge < -0.3 is 4.90 Å². The summed E-state index contributed by atoms with van der Waals surface area (Å²) in [5.74, 6) is 1.65. The lowest BCUT2D eigenvalue weighted by Gasteiger charge is -2.34. The molecule has 0 radical (unpaired) electrons. The fourth-order valence-corrected chi connectivity index (χ4v) is 8.34. The maximum absolute atomic E-state index is 2.81. The molecule has 2 aliphatic heterocycles. The predicted octanol–water partition coefficient (Wildman–Crippen LogP) is 8.54. The summed E-state index contributed by atoms with van der Waals surface area (Å²) in [6, 6.07) is 1.54. The van der Waals surface area contributed by atoms with E-state index in [1.54, 1.807) is 11.4 Å². The van der Waals surface area contributed by atoms with Crippen LogP contribution < -0.4 is 0 Å². The summed E-state index contributed by atoms with van der Waals surface area (Å²) in [6.45, 7) is 17.2. The number of allylic oxidation sites excluding steroid dienone is 6. The Kier molecular flexibility index (Phi) is 8.70. The lowest BCUT2D eigenvalue weighted by Crippen LogP contribution is -2.35. The quantitative estimate of drug-likeness (QED) is 0.237. The van der Waals surface area contributed by atoms with Crippen LogP contribution in [0.15, 0.2) is 36.1 Å². The molecular formula is C33H55N2+. The second-order valence-electron chi connectivity index (χ2n) is 13.1. The van der Waals surface area contributed by atoms with Gasteiger partial charge in [-0.1, -0.05) is 78.0 Å². The molecule has 2 aliphatic carbocycles. The first-order valence-electron chi connectivity index (χ1n) is 15.3. The van der Waals surface area contributed by atoms with Crippen LogP contribution in [-0.4, -0.2) is 40.4 Å². The molecule has 3 fully saturated rings. The summed E-state index contributed by atoms with van der Waals surface area (Å²) < 4.78 is 2.81. The van der Waals surface area contributed by atoms with Crippen molar-refractivity contribution in [2.24, 2.45) is 22.7 Å². The first kappa shape index (κ1) is 26.7. The average molecular weight is 480 g/mol. The SMILES string of the molecule is CCCCN1/C(=C/C=C/C=C/C2=[N+](CCCC)[C@@H]3CCCC[C@@H]3C2(C)C)C(C)(C)[C@@H]2CCCC[C@@H]21. The highest BCUT2D eigenvalue weighted by Crippen LogP contribution is 2.53. The van der Waals surface area contributed by atoms with Crippen LogP contribution in [0.3, 0.4) is 0 Å². The Balaban J connectivity index is 1.55. The van der Waals surface area contributed by atoms with Gasteiger partial charge in [-0.3, -0.25) is 0 Å². The molecule has 0 bridgehead atoms. The number of unbranched alkanes of at least 4 members (excludes halogenated alkanes) is 2. The third-order valence-corrected chi connectivity index (χ3v) is 10.3. The van der Waals surface area contributed by atoms with Crippen molar-refractivity contribution < 1.29 is 4.58 Å². The van der Waals surface area contributed by atoms with Crippen molar-refractivity contribution in [3.05, 3.63) is 36.1 Å². The van der Waals surface area contributed by atoms with Crippen LogP contribution in [0.2, 0.25) is 0 Å². The lowest BCUT2D eigenvalue weighted by atomic mass is 9.69. The topological polar surface area (TPSA) is 6.25 Å². The average Bonchev–Trinajstić information content (AvgIpc) is 3.20. The minimum atomic E-state index is 0.293. The van der Waals surface area contributed by atoms with Crippen molar-refractivity contribution in [2.45, 2.75) is 131 Å². The molecule has 0 spiro atoms. The van der Waals surface area contributed by atoms with Gasteiger partial charge in [0.2, 0.25) is 0 Å².